The van der Waals surface area contributed by atoms with E-state index in [1.165, 1.54) is 23.5 Å². The van der Waals surface area contributed by atoms with Crippen LogP contribution in [0.15, 0.2) is 54.6 Å². The second kappa shape index (κ2) is 10.4. The number of ether oxygens (including phenoxy) is 1. The average Bonchev–Trinajstić information content (AvgIpc) is 3.10. The summed E-state index contributed by atoms with van der Waals surface area (Å²) in [4.78, 5) is 27.4. The number of para-hydroxylation sites is 1. The molecule has 0 atom stereocenters. The summed E-state index contributed by atoms with van der Waals surface area (Å²) in [7, 11) is 1.74. The van der Waals surface area contributed by atoms with Gasteiger partial charge in [-0.05, 0) is 55.3 Å². The number of hydrogen-bond donors (Lipinski definition) is 1. The zero-order valence-electron chi connectivity index (χ0n) is 17.2. The number of aryl methyl sites for hydroxylation is 1. The number of nitrogens with zero attached hydrogens (tertiary/aromatic N) is 1. The van der Waals surface area contributed by atoms with Gasteiger partial charge in [0.15, 0.2) is 0 Å². The molecule has 0 spiro atoms. The maximum absolute atomic E-state index is 13.2. The van der Waals surface area contributed by atoms with Crippen LogP contribution < -0.4 is 10.1 Å². The Balaban J connectivity index is 1.56. The molecule has 2 amide bonds. The molecule has 0 saturated carbocycles. The van der Waals surface area contributed by atoms with Crippen LogP contribution in [-0.4, -0.2) is 36.9 Å². The SMILES string of the molecule is Cc1cc(NC(=O)c2ccc(F)cc2Cl)sc1C(=O)N(C)CCCOc1ccccc1. The largest absolute Gasteiger partial charge is 0.494 e. The topological polar surface area (TPSA) is 58.6 Å². The molecule has 5 nitrogen and oxygen atoms in total. The van der Waals surface area contributed by atoms with Gasteiger partial charge in [0.1, 0.15) is 11.6 Å². The Morgan fingerprint density at radius 1 is 1.16 bits per heavy atom. The van der Waals surface area contributed by atoms with Crippen molar-refractivity contribution in [1.82, 2.24) is 4.90 Å². The molecule has 3 aromatic rings. The molecule has 0 radical (unpaired) electrons. The molecule has 162 valence electrons. The molecule has 1 heterocycles. The first kappa shape index (κ1) is 22.8. The highest BCUT2D eigenvalue weighted by atomic mass is 35.5. The van der Waals surface area contributed by atoms with E-state index in [1.54, 1.807) is 18.0 Å². The van der Waals surface area contributed by atoms with Crippen LogP contribution in [-0.2, 0) is 0 Å². The number of carbonyl (C=O) groups excluding carboxylic acids is 2. The Labute approximate surface area is 189 Å². The van der Waals surface area contributed by atoms with Gasteiger partial charge in [-0.2, -0.15) is 0 Å². The zero-order chi connectivity index (χ0) is 22.4. The number of hydrogen-bond acceptors (Lipinski definition) is 4. The molecule has 0 aliphatic heterocycles. The van der Waals surface area contributed by atoms with E-state index in [0.717, 1.165) is 17.4 Å². The fourth-order valence-electron chi connectivity index (χ4n) is 2.89. The summed E-state index contributed by atoms with van der Waals surface area (Å²) in [5, 5.41) is 3.27. The number of anilines is 1. The zero-order valence-corrected chi connectivity index (χ0v) is 18.7. The average molecular weight is 461 g/mol. The number of halogens is 2. The molecule has 0 bridgehead atoms. The van der Waals surface area contributed by atoms with Crippen LogP contribution in [0.5, 0.6) is 5.75 Å². The lowest BCUT2D eigenvalue weighted by Gasteiger charge is -2.17. The summed E-state index contributed by atoms with van der Waals surface area (Å²) >= 11 is 7.14. The molecule has 8 heteroatoms. The fourth-order valence-corrected chi connectivity index (χ4v) is 4.21. The molecule has 3 rings (SSSR count). The summed E-state index contributed by atoms with van der Waals surface area (Å²) in [5.74, 6) is -0.301. The third-order valence-corrected chi connectivity index (χ3v) is 5.97. The fraction of sp³-hybridized carbons (Fsp3) is 0.217. The summed E-state index contributed by atoms with van der Waals surface area (Å²) < 4.78 is 18.8. The van der Waals surface area contributed by atoms with Crippen molar-refractivity contribution < 1.29 is 18.7 Å². The minimum atomic E-state index is -0.515. The number of amides is 2. The van der Waals surface area contributed by atoms with E-state index in [4.69, 9.17) is 16.3 Å². The lowest BCUT2D eigenvalue weighted by atomic mass is 10.2. The normalized spacial score (nSPS) is 10.6. The number of rotatable bonds is 8. The van der Waals surface area contributed by atoms with Crippen LogP contribution in [0.25, 0.3) is 0 Å². The van der Waals surface area contributed by atoms with Gasteiger partial charge >= 0.3 is 0 Å². The molecule has 0 saturated heterocycles. The van der Waals surface area contributed by atoms with Crippen LogP contribution in [0.4, 0.5) is 9.39 Å². The first-order chi connectivity index (χ1) is 14.8. The van der Waals surface area contributed by atoms with Gasteiger partial charge in [-0.3, -0.25) is 9.59 Å². The Morgan fingerprint density at radius 3 is 2.61 bits per heavy atom. The molecular weight excluding hydrogens is 439 g/mol. The highest BCUT2D eigenvalue weighted by Crippen LogP contribution is 2.29. The minimum Gasteiger partial charge on any atom is -0.494 e. The van der Waals surface area contributed by atoms with Gasteiger partial charge in [0, 0.05) is 13.6 Å². The monoisotopic (exact) mass is 460 g/mol. The van der Waals surface area contributed by atoms with Gasteiger partial charge in [0.05, 0.1) is 27.1 Å². The van der Waals surface area contributed by atoms with E-state index < -0.39 is 11.7 Å². The molecule has 0 fully saturated rings. The number of nitrogens with one attached hydrogen (secondary N) is 1. The summed E-state index contributed by atoms with van der Waals surface area (Å²) in [5.41, 5.74) is 0.931. The lowest BCUT2D eigenvalue weighted by Crippen LogP contribution is -2.28. The van der Waals surface area contributed by atoms with Crippen molar-refractivity contribution in [3.8, 4) is 5.75 Å². The predicted molar refractivity (Wildman–Crippen MR) is 122 cm³/mol. The second-order valence-electron chi connectivity index (χ2n) is 6.94. The maximum Gasteiger partial charge on any atom is 0.264 e. The van der Waals surface area contributed by atoms with Gasteiger partial charge < -0.3 is 15.0 Å². The molecule has 1 N–H and O–H groups in total. The van der Waals surface area contributed by atoms with E-state index in [9.17, 15) is 14.0 Å². The van der Waals surface area contributed by atoms with E-state index in [0.29, 0.717) is 29.5 Å². The molecule has 31 heavy (non-hydrogen) atoms. The highest BCUT2D eigenvalue weighted by Gasteiger charge is 2.19. The molecule has 0 unspecified atom stereocenters. The van der Waals surface area contributed by atoms with Gasteiger partial charge in [0.2, 0.25) is 0 Å². The summed E-state index contributed by atoms with van der Waals surface area (Å²) in [6, 6.07) is 14.8. The number of carbonyl (C=O) groups is 2. The molecule has 0 aliphatic rings. The lowest BCUT2D eigenvalue weighted by molar-refractivity contribution is 0.0791. The summed E-state index contributed by atoms with van der Waals surface area (Å²) in [6.07, 6.45) is 0.689. The van der Waals surface area contributed by atoms with Crippen LogP contribution >= 0.6 is 22.9 Å². The smallest absolute Gasteiger partial charge is 0.264 e. The quantitative estimate of drug-likeness (QED) is 0.442. The molecule has 0 aliphatic carbocycles. The van der Waals surface area contributed by atoms with Crippen molar-refractivity contribution in [1.29, 1.82) is 0 Å². The van der Waals surface area contributed by atoms with Gasteiger partial charge in [0.25, 0.3) is 11.8 Å². The van der Waals surface area contributed by atoms with Crippen molar-refractivity contribution in [2.24, 2.45) is 0 Å². The highest BCUT2D eigenvalue weighted by molar-refractivity contribution is 7.18. The third kappa shape index (κ3) is 6.06. The Hall–Kier alpha value is -2.90. The first-order valence-electron chi connectivity index (χ1n) is 9.65. The van der Waals surface area contributed by atoms with Gasteiger partial charge in [-0.1, -0.05) is 29.8 Å². The van der Waals surface area contributed by atoms with Crippen molar-refractivity contribution in [2.75, 3.05) is 25.5 Å². The van der Waals surface area contributed by atoms with E-state index in [2.05, 4.69) is 5.32 Å². The Morgan fingerprint density at radius 2 is 1.90 bits per heavy atom. The van der Waals surface area contributed by atoms with Crippen LogP contribution in [0.1, 0.15) is 32.0 Å². The molecule has 1 aromatic heterocycles. The van der Waals surface area contributed by atoms with Crippen LogP contribution in [0.2, 0.25) is 5.02 Å². The summed E-state index contributed by atoms with van der Waals surface area (Å²) in [6.45, 7) is 2.86. The van der Waals surface area contributed by atoms with Crippen molar-refractivity contribution in [3.63, 3.8) is 0 Å². The molecular formula is C23H22ClFN2O3S. The Bertz CT molecular complexity index is 1070. The van der Waals surface area contributed by atoms with E-state index in [-0.39, 0.29) is 16.5 Å². The van der Waals surface area contributed by atoms with Gasteiger partial charge in [-0.15, -0.1) is 11.3 Å². The molecule has 2 aromatic carbocycles. The van der Waals surface area contributed by atoms with Crippen LogP contribution in [0.3, 0.4) is 0 Å². The van der Waals surface area contributed by atoms with Crippen molar-refractivity contribution >= 4 is 39.8 Å². The third-order valence-electron chi connectivity index (χ3n) is 4.52. The predicted octanol–water partition coefficient (Wildman–Crippen LogP) is 5.64. The van der Waals surface area contributed by atoms with Crippen molar-refractivity contribution in [2.45, 2.75) is 13.3 Å². The number of thiophene rings is 1. The Kier molecular flexibility index (Phi) is 7.65. The minimum absolute atomic E-state index is 0.0273. The van der Waals surface area contributed by atoms with Crippen LogP contribution in [0, 0.1) is 12.7 Å². The maximum atomic E-state index is 13.2. The standard InChI is InChI=1S/C23H22ClFN2O3S/c1-15-13-20(26-22(28)18-10-9-16(25)14-19(18)24)31-21(15)23(29)27(2)11-6-12-30-17-7-4-3-5-8-17/h3-5,7-10,13-14H,6,11-12H2,1-2H3,(H,26,28). The van der Waals surface area contributed by atoms with Gasteiger partial charge in [-0.25, -0.2) is 4.39 Å². The first-order valence-corrected chi connectivity index (χ1v) is 10.8. The van der Waals surface area contributed by atoms with E-state index >= 15 is 0 Å². The second-order valence-corrected chi connectivity index (χ2v) is 8.40. The van der Waals surface area contributed by atoms with E-state index in [1.807, 2.05) is 37.3 Å². The number of benzene rings is 2. The van der Waals surface area contributed by atoms with Crippen molar-refractivity contribution in [3.05, 3.63) is 81.4 Å².